The highest BCUT2D eigenvalue weighted by Crippen LogP contribution is 2.26. The van der Waals surface area contributed by atoms with Gasteiger partial charge in [-0.3, -0.25) is 4.90 Å². The van der Waals surface area contributed by atoms with E-state index in [1.54, 1.807) is 7.11 Å². The summed E-state index contributed by atoms with van der Waals surface area (Å²) in [5.41, 5.74) is 7.32. The van der Waals surface area contributed by atoms with Crippen molar-refractivity contribution in [3.05, 3.63) is 29.8 Å². The summed E-state index contributed by atoms with van der Waals surface area (Å²) in [5, 5.41) is 18.4. The highest BCUT2D eigenvalue weighted by molar-refractivity contribution is 5.30. The van der Waals surface area contributed by atoms with E-state index in [1.807, 2.05) is 36.1 Å². The smallest absolute Gasteiger partial charge is 0.118 e. The zero-order valence-corrected chi connectivity index (χ0v) is 12.3. The van der Waals surface area contributed by atoms with Crippen molar-refractivity contribution >= 4 is 0 Å². The molecular formula is C15H26N2O3. The Kier molecular flexibility index (Phi) is 7.54. The Bertz CT molecular complexity index is 364. The van der Waals surface area contributed by atoms with Crippen molar-refractivity contribution in [1.29, 1.82) is 0 Å². The molecule has 0 spiro atoms. The van der Waals surface area contributed by atoms with Gasteiger partial charge in [0.25, 0.3) is 0 Å². The normalized spacial score (nSPS) is 14.3. The van der Waals surface area contributed by atoms with Gasteiger partial charge in [0.2, 0.25) is 0 Å². The molecule has 114 valence electrons. The molecule has 2 unspecified atom stereocenters. The minimum absolute atomic E-state index is 0.0230. The molecule has 0 bridgehead atoms. The van der Waals surface area contributed by atoms with E-state index in [1.165, 1.54) is 0 Å². The minimum atomic E-state index is -0.0542. The lowest BCUT2D eigenvalue weighted by atomic mass is 9.96. The summed E-state index contributed by atoms with van der Waals surface area (Å²) in [6.07, 6.45) is 0.823. The number of ether oxygens (including phenoxy) is 1. The third-order valence-electron chi connectivity index (χ3n) is 3.50. The molecule has 0 aromatic heterocycles. The standard InChI is InChI=1S/C15H26N2O3/c1-3-14(16)15(17(8-10-18)9-11-19)12-4-6-13(20-2)7-5-12/h4-7,14-15,18-19H,3,8-11,16H2,1-2H3. The van der Waals surface area contributed by atoms with E-state index in [4.69, 9.17) is 10.5 Å². The lowest BCUT2D eigenvalue weighted by Crippen LogP contribution is -2.43. The Balaban J connectivity index is 3.01. The van der Waals surface area contributed by atoms with Gasteiger partial charge in [0.15, 0.2) is 0 Å². The van der Waals surface area contributed by atoms with Crippen molar-refractivity contribution in [1.82, 2.24) is 4.90 Å². The van der Waals surface area contributed by atoms with Crippen LogP contribution >= 0.6 is 0 Å². The Morgan fingerprint density at radius 3 is 2.10 bits per heavy atom. The van der Waals surface area contributed by atoms with Gasteiger partial charge in [0.1, 0.15) is 5.75 Å². The summed E-state index contributed by atoms with van der Waals surface area (Å²) in [7, 11) is 1.63. The molecule has 0 aliphatic heterocycles. The first kappa shape index (κ1) is 16.9. The topological polar surface area (TPSA) is 79.0 Å². The van der Waals surface area contributed by atoms with Crippen LogP contribution in [0.3, 0.4) is 0 Å². The van der Waals surface area contributed by atoms with Gasteiger partial charge < -0.3 is 20.7 Å². The Morgan fingerprint density at radius 2 is 1.70 bits per heavy atom. The maximum Gasteiger partial charge on any atom is 0.118 e. The van der Waals surface area contributed by atoms with E-state index in [0.717, 1.165) is 17.7 Å². The van der Waals surface area contributed by atoms with Crippen molar-refractivity contribution < 1.29 is 14.9 Å². The number of hydrogen-bond donors (Lipinski definition) is 3. The molecule has 0 aliphatic rings. The first-order valence-corrected chi connectivity index (χ1v) is 7.03. The van der Waals surface area contributed by atoms with Crippen LogP contribution in [0.25, 0.3) is 0 Å². The van der Waals surface area contributed by atoms with Crippen LogP contribution in [0.4, 0.5) is 0 Å². The van der Waals surface area contributed by atoms with Crippen molar-refractivity contribution in [2.75, 3.05) is 33.4 Å². The molecule has 0 amide bonds. The van der Waals surface area contributed by atoms with E-state index >= 15 is 0 Å². The van der Waals surface area contributed by atoms with E-state index < -0.39 is 0 Å². The van der Waals surface area contributed by atoms with Crippen LogP contribution in [0.2, 0.25) is 0 Å². The lowest BCUT2D eigenvalue weighted by Gasteiger charge is -2.35. The molecule has 2 atom stereocenters. The zero-order valence-electron chi connectivity index (χ0n) is 12.3. The highest BCUT2D eigenvalue weighted by Gasteiger charge is 2.25. The van der Waals surface area contributed by atoms with Crippen LogP contribution in [-0.2, 0) is 0 Å². The monoisotopic (exact) mass is 282 g/mol. The first-order chi connectivity index (χ1) is 9.67. The van der Waals surface area contributed by atoms with Gasteiger partial charge in [-0.2, -0.15) is 0 Å². The van der Waals surface area contributed by atoms with Crippen molar-refractivity contribution in [2.24, 2.45) is 5.73 Å². The predicted octanol–water partition coefficient (Wildman–Crippen LogP) is 0.760. The summed E-state index contributed by atoms with van der Waals surface area (Å²) >= 11 is 0. The summed E-state index contributed by atoms with van der Waals surface area (Å²) in [4.78, 5) is 2.02. The van der Waals surface area contributed by atoms with Gasteiger partial charge in [0, 0.05) is 19.1 Å². The number of benzene rings is 1. The number of hydrogen-bond acceptors (Lipinski definition) is 5. The van der Waals surface area contributed by atoms with E-state index in [9.17, 15) is 10.2 Å². The summed E-state index contributed by atoms with van der Waals surface area (Å²) in [5.74, 6) is 0.799. The fraction of sp³-hybridized carbons (Fsp3) is 0.600. The van der Waals surface area contributed by atoms with Crippen LogP contribution < -0.4 is 10.5 Å². The second kappa shape index (κ2) is 8.92. The largest absolute Gasteiger partial charge is 0.497 e. The molecule has 1 aromatic rings. The van der Waals surface area contributed by atoms with E-state index in [2.05, 4.69) is 0 Å². The van der Waals surface area contributed by atoms with Gasteiger partial charge in [-0.25, -0.2) is 0 Å². The molecule has 1 rings (SSSR count). The van der Waals surface area contributed by atoms with Crippen LogP contribution in [0.5, 0.6) is 5.75 Å². The summed E-state index contributed by atoms with van der Waals surface area (Å²) in [6.45, 7) is 3.11. The van der Waals surface area contributed by atoms with Crippen LogP contribution in [0, 0.1) is 0 Å². The quantitative estimate of drug-likeness (QED) is 0.623. The maximum atomic E-state index is 9.21. The van der Waals surface area contributed by atoms with Crippen LogP contribution in [0.1, 0.15) is 24.9 Å². The second-order valence-electron chi connectivity index (χ2n) is 4.77. The Hall–Kier alpha value is -1.14. The molecule has 5 heteroatoms. The average molecular weight is 282 g/mol. The van der Waals surface area contributed by atoms with Gasteiger partial charge in [-0.15, -0.1) is 0 Å². The predicted molar refractivity (Wildman–Crippen MR) is 79.7 cm³/mol. The molecule has 0 aliphatic carbocycles. The number of rotatable bonds is 9. The molecule has 20 heavy (non-hydrogen) atoms. The molecular weight excluding hydrogens is 256 g/mol. The van der Waals surface area contributed by atoms with Crippen molar-refractivity contribution in [2.45, 2.75) is 25.4 Å². The average Bonchev–Trinajstić information content (AvgIpc) is 2.48. The second-order valence-corrected chi connectivity index (χ2v) is 4.77. The van der Waals surface area contributed by atoms with Gasteiger partial charge in [0.05, 0.1) is 26.4 Å². The van der Waals surface area contributed by atoms with Gasteiger partial charge in [-0.1, -0.05) is 19.1 Å². The maximum absolute atomic E-state index is 9.21. The highest BCUT2D eigenvalue weighted by atomic mass is 16.5. The Morgan fingerprint density at radius 1 is 1.15 bits per heavy atom. The third-order valence-corrected chi connectivity index (χ3v) is 3.50. The van der Waals surface area contributed by atoms with Crippen molar-refractivity contribution in [3.8, 4) is 5.75 Å². The minimum Gasteiger partial charge on any atom is -0.497 e. The Labute approximate surface area is 121 Å². The molecule has 0 saturated heterocycles. The third kappa shape index (κ3) is 4.45. The van der Waals surface area contributed by atoms with Gasteiger partial charge in [-0.05, 0) is 24.1 Å². The molecule has 0 fully saturated rings. The zero-order chi connectivity index (χ0) is 15.0. The molecule has 0 heterocycles. The number of nitrogens with two attached hydrogens (primary N) is 1. The fourth-order valence-corrected chi connectivity index (χ4v) is 2.40. The van der Waals surface area contributed by atoms with Crippen LogP contribution in [-0.4, -0.2) is 54.6 Å². The lowest BCUT2D eigenvalue weighted by molar-refractivity contribution is 0.107. The molecule has 4 N–H and O–H groups in total. The van der Waals surface area contributed by atoms with Crippen LogP contribution in [0.15, 0.2) is 24.3 Å². The van der Waals surface area contributed by atoms with E-state index in [-0.39, 0.29) is 25.3 Å². The molecule has 0 radical (unpaired) electrons. The molecule has 1 aromatic carbocycles. The molecule has 0 saturated carbocycles. The van der Waals surface area contributed by atoms with E-state index in [0.29, 0.717) is 13.1 Å². The number of methoxy groups -OCH3 is 1. The van der Waals surface area contributed by atoms with Crippen molar-refractivity contribution in [3.63, 3.8) is 0 Å². The van der Waals surface area contributed by atoms with Gasteiger partial charge >= 0.3 is 0 Å². The number of aliphatic hydroxyl groups is 2. The number of nitrogens with zero attached hydrogens (tertiary/aromatic N) is 1. The molecule has 5 nitrogen and oxygen atoms in total. The summed E-state index contributed by atoms with van der Waals surface area (Å²) in [6, 6.07) is 7.70. The first-order valence-electron chi connectivity index (χ1n) is 7.03. The fourth-order valence-electron chi connectivity index (χ4n) is 2.40. The number of aliphatic hydroxyl groups excluding tert-OH is 2. The summed E-state index contributed by atoms with van der Waals surface area (Å²) < 4.78 is 5.17. The SMILES string of the molecule is CCC(N)C(c1ccc(OC)cc1)N(CCO)CCO.